The van der Waals surface area contributed by atoms with E-state index in [0.29, 0.717) is 6.04 Å². The quantitative estimate of drug-likeness (QED) is 0.833. The predicted octanol–water partition coefficient (Wildman–Crippen LogP) is 4.15. The minimum atomic E-state index is 0.621. The summed E-state index contributed by atoms with van der Waals surface area (Å²) in [6, 6.07) is 12.6. The first-order valence-electron chi connectivity index (χ1n) is 7.28. The second-order valence-corrected chi connectivity index (χ2v) is 6.16. The van der Waals surface area contributed by atoms with Gasteiger partial charge in [0.1, 0.15) is 5.69 Å². The first kappa shape index (κ1) is 12.8. The van der Waals surface area contributed by atoms with Crippen LogP contribution in [-0.2, 0) is 0 Å². The van der Waals surface area contributed by atoms with Crippen molar-refractivity contribution in [2.45, 2.75) is 25.8 Å². The van der Waals surface area contributed by atoms with Crippen LogP contribution in [0.5, 0.6) is 0 Å². The molecule has 2 aliphatic rings. The second kappa shape index (κ2) is 4.85. The van der Waals surface area contributed by atoms with Crippen molar-refractivity contribution in [1.29, 1.82) is 0 Å². The number of aryl methyl sites for hydroxylation is 1. The van der Waals surface area contributed by atoms with Crippen LogP contribution < -0.4 is 4.90 Å². The zero-order chi connectivity index (χ0) is 14.4. The molecule has 2 heterocycles. The number of anilines is 1. The van der Waals surface area contributed by atoms with Gasteiger partial charge in [0.2, 0.25) is 0 Å². The van der Waals surface area contributed by atoms with Gasteiger partial charge in [-0.3, -0.25) is 0 Å². The van der Waals surface area contributed by atoms with E-state index in [-0.39, 0.29) is 0 Å². The lowest BCUT2D eigenvalue weighted by Crippen LogP contribution is -2.35. The van der Waals surface area contributed by atoms with Crippen LogP contribution in [0.1, 0.15) is 24.1 Å². The molecule has 1 aliphatic heterocycles. The van der Waals surface area contributed by atoms with E-state index < -0.39 is 0 Å². The summed E-state index contributed by atoms with van der Waals surface area (Å²) >= 11 is 5.98. The Morgan fingerprint density at radius 2 is 1.86 bits per heavy atom. The number of hydrogen-bond acceptors (Lipinski definition) is 3. The predicted molar refractivity (Wildman–Crippen MR) is 87.0 cm³/mol. The average Bonchev–Trinajstić information content (AvgIpc) is 3.32. The standard InChI is InChI=1S/C17H16ClN3/c1-11-2-9-15-17(19-11)21(14-7-8-14)10-16(20-15)12-3-5-13(18)6-4-12/h2-6,9,14H,7-8,10H2,1H3. The van der Waals surface area contributed by atoms with Gasteiger partial charge >= 0.3 is 0 Å². The maximum absolute atomic E-state index is 5.98. The summed E-state index contributed by atoms with van der Waals surface area (Å²) in [5.74, 6) is 1.04. The summed E-state index contributed by atoms with van der Waals surface area (Å²) in [7, 11) is 0. The molecule has 1 aromatic heterocycles. The van der Waals surface area contributed by atoms with Gasteiger partial charge in [-0.15, -0.1) is 0 Å². The Hall–Kier alpha value is -1.87. The molecule has 0 amide bonds. The lowest BCUT2D eigenvalue weighted by atomic mass is 10.1. The largest absolute Gasteiger partial charge is 0.346 e. The van der Waals surface area contributed by atoms with Crippen LogP contribution in [0.15, 0.2) is 41.4 Å². The summed E-state index contributed by atoms with van der Waals surface area (Å²) < 4.78 is 0. The fourth-order valence-electron chi connectivity index (χ4n) is 2.74. The summed E-state index contributed by atoms with van der Waals surface area (Å²) in [5.41, 5.74) is 4.25. The van der Waals surface area contributed by atoms with E-state index in [2.05, 4.69) is 11.0 Å². The van der Waals surface area contributed by atoms with Crippen LogP contribution in [0.2, 0.25) is 5.02 Å². The topological polar surface area (TPSA) is 28.5 Å². The third-order valence-corrected chi connectivity index (χ3v) is 4.26. The zero-order valence-electron chi connectivity index (χ0n) is 11.9. The molecule has 0 spiro atoms. The van der Waals surface area contributed by atoms with Crippen molar-refractivity contribution in [2.24, 2.45) is 4.99 Å². The molecule has 3 nitrogen and oxygen atoms in total. The fourth-order valence-corrected chi connectivity index (χ4v) is 2.86. The molecule has 4 rings (SSSR count). The van der Waals surface area contributed by atoms with Gasteiger partial charge in [0.05, 0.1) is 12.3 Å². The second-order valence-electron chi connectivity index (χ2n) is 5.72. The molecule has 0 saturated heterocycles. The molecule has 21 heavy (non-hydrogen) atoms. The summed E-state index contributed by atoms with van der Waals surface area (Å²) in [4.78, 5) is 11.9. The number of pyridine rings is 1. The molecule has 0 bridgehead atoms. The number of halogens is 1. The third-order valence-electron chi connectivity index (χ3n) is 4.01. The van der Waals surface area contributed by atoms with Crippen molar-refractivity contribution >= 4 is 28.8 Å². The molecule has 0 unspecified atom stereocenters. The van der Waals surface area contributed by atoms with Gasteiger partial charge in [0, 0.05) is 16.8 Å². The van der Waals surface area contributed by atoms with Gasteiger partial charge in [0.25, 0.3) is 0 Å². The van der Waals surface area contributed by atoms with E-state index in [1.807, 2.05) is 37.3 Å². The van der Waals surface area contributed by atoms with E-state index in [4.69, 9.17) is 21.6 Å². The number of fused-ring (bicyclic) bond motifs is 1. The maximum atomic E-state index is 5.98. The van der Waals surface area contributed by atoms with Crippen LogP contribution in [0.4, 0.5) is 11.5 Å². The van der Waals surface area contributed by atoms with Crippen LogP contribution in [0.25, 0.3) is 0 Å². The molecule has 2 aromatic rings. The molecular formula is C17H16ClN3. The Balaban J connectivity index is 1.79. The Morgan fingerprint density at radius 3 is 2.57 bits per heavy atom. The van der Waals surface area contributed by atoms with E-state index in [9.17, 15) is 0 Å². The molecule has 106 valence electrons. The molecule has 1 aromatic carbocycles. The highest BCUT2D eigenvalue weighted by molar-refractivity contribution is 6.30. The van der Waals surface area contributed by atoms with Crippen molar-refractivity contribution in [1.82, 2.24) is 4.98 Å². The van der Waals surface area contributed by atoms with Crippen LogP contribution >= 0.6 is 11.6 Å². The van der Waals surface area contributed by atoms with E-state index >= 15 is 0 Å². The normalized spacial score (nSPS) is 17.4. The SMILES string of the molecule is Cc1ccc2c(n1)N(C1CC1)CC(c1ccc(Cl)cc1)=N2. The number of benzene rings is 1. The van der Waals surface area contributed by atoms with E-state index in [0.717, 1.165) is 40.0 Å². The van der Waals surface area contributed by atoms with Gasteiger partial charge in [0.15, 0.2) is 5.82 Å². The Kier molecular flexibility index (Phi) is 2.96. The van der Waals surface area contributed by atoms with Gasteiger partial charge in [-0.05, 0) is 49.6 Å². The zero-order valence-corrected chi connectivity index (χ0v) is 12.6. The molecule has 1 saturated carbocycles. The smallest absolute Gasteiger partial charge is 0.155 e. The molecule has 4 heteroatoms. The first-order valence-corrected chi connectivity index (χ1v) is 7.66. The minimum absolute atomic E-state index is 0.621. The van der Waals surface area contributed by atoms with Crippen molar-refractivity contribution in [2.75, 3.05) is 11.4 Å². The van der Waals surface area contributed by atoms with Gasteiger partial charge in [-0.1, -0.05) is 23.7 Å². The Labute approximate surface area is 129 Å². The third kappa shape index (κ3) is 2.42. The van der Waals surface area contributed by atoms with Gasteiger partial charge in [-0.2, -0.15) is 0 Å². The summed E-state index contributed by atoms with van der Waals surface area (Å²) in [6.07, 6.45) is 2.51. The number of aromatic nitrogens is 1. The van der Waals surface area contributed by atoms with Crippen molar-refractivity contribution in [3.8, 4) is 0 Å². The monoisotopic (exact) mass is 297 g/mol. The highest BCUT2D eigenvalue weighted by Crippen LogP contribution is 2.39. The van der Waals surface area contributed by atoms with Gasteiger partial charge < -0.3 is 4.90 Å². The summed E-state index contributed by atoms with van der Waals surface area (Å²) in [5, 5.41) is 0.756. The maximum Gasteiger partial charge on any atom is 0.155 e. The average molecular weight is 298 g/mol. The number of hydrogen-bond donors (Lipinski definition) is 0. The Morgan fingerprint density at radius 1 is 1.10 bits per heavy atom. The van der Waals surface area contributed by atoms with E-state index in [1.165, 1.54) is 12.8 Å². The lowest BCUT2D eigenvalue weighted by Gasteiger charge is -2.29. The van der Waals surface area contributed by atoms with Crippen molar-refractivity contribution in [3.05, 3.63) is 52.7 Å². The van der Waals surface area contributed by atoms with Crippen LogP contribution in [-0.4, -0.2) is 23.3 Å². The molecule has 0 N–H and O–H groups in total. The van der Waals surface area contributed by atoms with Crippen molar-refractivity contribution < 1.29 is 0 Å². The molecule has 0 atom stereocenters. The highest BCUT2D eigenvalue weighted by atomic mass is 35.5. The molecule has 1 fully saturated rings. The van der Waals surface area contributed by atoms with Gasteiger partial charge in [-0.25, -0.2) is 9.98 Å². The lowest BCUT2D eigenvalue weighted by molar-refractivity contribution is 0.841. The fraction of sp³-hybridized carbons (Fsp3) is 0.294. The Bertz CT molecular complexity index is 717. The number of aliphatic imine (C=N–C) groups is 1. The molecular weight excluding hydrogens is 282 g/mol. The number of rotatable bonds is 2. The number of nitrogens with zero attached hydrogens (tertiary/aromatic N) is 3. The van der Waals surface area contributed by atoms with Crippen LogP contribution in [0.3, 0.4) is 0 Å². The molecule has 0 radical (unpaired) electrons. The highest BCUT2D eigenvalue weighted by Gasteiger charge is 2.34. The van der Waals surface area contributed by atoms with Crippen molar-refractivity contribution in [3.63, 3.8) is 0 Å². The first-order chi connectivity index (χ1) is 10.2. The minimum Gasteiger partial charge on any atom is -0.346 e. The van der Waals surface area contributed by atoms with Crippen LogP contribution in [0, 0.1) is 6.92 Å². The van der Waals surface area contributed by atoms with E-state index in [1.54, 1.807) is 0 Å². The summed E-state index contributed by atoms with van der Waals surface area (Å²) in [6.45, 7) is 2.86. The molecule has 1 aliphatic carbocycles.